The van der Waals surface area contributed by atoms with Gasteiger partial charge in [-0.05, 0) is 66.6 Å². The number of H-pyrrole nitrogens is 1. The molecule has 0 atom stereocenters. The molecule has 48 heavy (non-hydrogen) atoms. The predicted molar refractivity (Wildman–Crippen MR) is 155 cm³/mol. The lowest BCUT2D eigenvalue weighted by Gasteiger charge is -2.05. The number of benzene rings is 3. The van der Waals surface area contributed by atoms with Gasteiger partial charge in [0, 0.05) is 17.7 Å². The number of aliphatic carboxylic acids is 1. The van der Waals surface area contributed by atoms with Crippen LogP contribution in [0.4, 0.5) is 39.5 Å². The van der Waals surface area contributed by atoms with E-state index < -0.39 is 52.7 Å². The summed E-state index contributed by atoms with van der Waals surface area (Å²) in [6.07, 6.45) is -8.41. The molecule has 1 aromatic heterocycles. The molecule has 0 saturated heterocycles. The van der Waals surface area contributed by atoms with Crippen molar-refractivity contribution in [1.82, 2.24) is 5.16 Å². The summed E-state index contributed by atoms with van der Waals surface area (Å²) < 4.78 is 119. The van der Waals surface area contributed by atoms with Crippen LogP contribution < -0.4 is 5.56 Å². The van der Waals surface area contributed by atoms with E-state index >= 15 is 0 Å². The molecule has 256 valence electrons. The lowest BCUT2D eigenvalue weighted by Crippen LogP contribution is -2.04. The van der Waals surface area contributed by atoms with Crippen molar-refractivity contribution in [2.45, 2.75) is 25.5 Å². The number of carbonyl (C=O) groups is 2. The Morgan fingerprint density at radius 1 is 0.708 bits per heavy atom. The molecule has 0 aliphatic heterocycles. The number of carboxylic acids is 1. The Labute approximate surface area is 265 Å². The highest BCUT2D eigenvalue weighted by molar-refractivity contribution is 5.87. The maximum atomic E-state index is 12.2. The van der Waals surface area contributed by atoms with Crippen LogP contribution in [0.5, 0.6) is 0 Å². The van der Waals surface area contributed by atoms with E-state index in [1.54, 1.807) is 6.92 Å². The number of alkyl halides is 9. The molecule has 0 fully saturated rings. The third-order valence-electron chi connectivity index (χ3n) is 5.61. The molecule has 4 rings (SSSR count). The quantitative estimate of drug-likeness (QED) is 0.119. The number of carbonyl (C=O) groups excluding carboxylic acids is 1. The first-order valence-electron chi connectivity index (χ1n) is 13.3. The van der Waals surface area contributed by atoms with E-state index in [-0.39, 0.29) is 12.4 Å². The van der Waals surface area contributed by atoms with E-state index in [0.717, 1.165) is 42.5 Å². The van der Waals surface area contributed by atoms with E-state index in [0.29, 0.717) is 16.7 Å². The van der Waals surface area contributed by atoms with Crippen LogP contribution in [0.3, 0.4) is 0 Å². The highest BCUT2D eigenvalue weighted by Crippen LogP contribution is 2.31. The third kappa shape index (κ3) is 13.4. The summed E-state index contributed by atoms with van der Waals surface area (Å²) in [5, 5.41) is 10.4. The molecule has 0 bridgehead atoms. The van der Waals surface area contributed by atoms with Gasteiger partial charge in [0.2, 0.25) is 0 Å². The number of esters is 1. The largest absolute Gasteiger partial charge is 0.478 e. The third-order valence-corrected chi connectivity index (χ3v) is 5.61. The number of aromatic nitrogens is 1. The van der Waals surface area contributed by atoms with Gasteiger partial charge in [-0.1, -0.05) is 36.4 Å². The highest BCUT2D eigenvalue weighted by atomic mass is 19.4. The van der Waals surface area contributed by atoms with Gasteiger partial charge in [-0.15, -0.1) is 0 Å². The Kier molecular flexibility index (Phi) is 13.6. The molecule has 4 aromatic rings. The van der Waals surface area contributed by atoms with Crippen LogP contribution in [-0.2, 0) is 32.9 Å². The number of nitrogens with one attached hydrogen (secondary N) is 1. The Hall–Kier alpha value is -5.54. The molecule has 0 radical (unpaired) electrons. The standard InChI is InChI=1S/C12H11F3O2.C10H6F3NO2.C10H7F3O2/c1-2-17-11(16)8-5-9-3-6-10(7-4-9)12(13,14)15;11-10(12,13)7-3-1-6(2-4-7)8-5-9(15)14-16-8;11-10(12,13)8-4-1-7(2-5-8)3-6-9(14)15/h3-8H,2H2,1H3;1-5H,(H,14,15);1-6H,(H,14,15). The second-order valence-electron chi connectivity index (χ2n) is 9.15. The maximum absolute atomic E-state index is 12.2. The Bertz CT molecular complexity index is 1730. The van der Waals surface area contributed by atoms with Crippen LogP contribution in [0, 0.1) is 0 Å². The molecule has 0 aliphatic carbocycles. The topological polar surface area (TPSA) is 110 Å². The molecule has 16 heteroatoms. The monoisotopic (exact) mass is 689 g/mol. The van der Waals surface area contributed by atoms with Crippen LogP contribution >= 0.6 is 0 Å². The Morgan fingerprint density at radius 3 is 1.44 bits per heavy atom. The molecular weight excluding hydrogens is 665 g/mol. The van der Waals surface area contributed by atoms with Crippen LogP contribution in [-0.4, -0.2) is 28.8 Å². The second kappa shape index (κ2) is 16.9. The van der Waals surface area contributed by atoms with E-state index in [1.807, 2.05) is 0 Å². The van der Waals surface area contributed by atoms with Gasteiger partial charge in [0.05, 0.1) is 29.4 Å². The summed E-state index contributed by atoms with van der Waals surface area (Å²) in [7, 11) is 0. The average Bonchev–Trinajstić information content (AvgIpc) is 3.45. The van der Waals surface area contributed by atoms with Gasteiger partial charge < -0.3 is 14.4 Å². The lowest BCUT2D eigenvalue weighted by atomic mass is 10.1. The van der Waals surface area contributed by atoms with Gasteiger partial charge in [0.1, 0.15) is 0 Å². The predicted octanol–water partition coefficient (Wildman–Crippen LogP) is 8.74. The summed E-state index contributed by atoms with van der Waals surface area (Å²) in [5.74, 6) is -1.46. The molecule has 0 spiro atoms. The number of hydrogen-bond donors (Lipinski definition) is 2. The summed E-state index contributed by atoms with van der Waals surface area (Å²) >= 11 is 0. The Balaban J connectivity index is 0.000000251. The molecule has 0 saturated carbocycles. The fraction of sp³-hybridized carbons (Fsp3) is 0.156. The molecule has 7 nitrogen and oxygen atoms in total. The van der Waals surface area contributed by atoms with Crippen molar-refractivity contribution in [2.24, 2.45) is 0 Å². The minimum absolute atomic E-state index is 0.207. The fourth-order valence-electron chi connectivity index (χ4n) is 3.34. The second-order valence-corrected chi connectivity index (χ2v) is 9.15. The molecule has 0 aliphatic rings. The molecule has 1 heterocycles. The van der Waals surface area contributed by atoms with Gasteiger partial charge in [-0.2, -0.15) is 44.7 Å². The van der Waals surface area contributed by atoms with E-state index in [4.69, 9.17) is 9.63 Å². The van der Waals surface area contributed by atoms with Crippen molar-refractivity contribution in [2.75, 3.05) is 6.61 Å². The lowest BCUT2D eigenvalue weighted by molar-refractivity contribution is -0.138. The number of ether oxygens (including phenoxy) is 1. The van der Waals surface area contributed by atoms with Crippen LogP contribution in [0.15, 0.2) is 100 Å². The van der Waals surface area contributed by atoms with Gasteiger partial charge in [-0.25, -0.2) is 9.59 Å². The first kappa shape index (κ1) is 38.6. The minimum Gasteiger partial charge on any atom is -0.478 e. The SMILES string of the molecule is CCOC(=O)C=Cc1ccc(C(F)(F)F)cc1.O=C(O)C=Cc1ccc(C(F)(F)F)cc1.O=c1cc(-c2ccc(C(F)(F)F)cc2)o[nH]1. The van der Waals surface area contributed by atoms with E-state index in [1.165, 1.54) is 60.7 Å². The number of halogens is 9. The normalized spacial score (nSPS) is 11.8. The van der Waals surface area contributed by atoms with Crippen molar-refractivity contribution < 1.29 is 63.5 Å². The Morgan fingerprint density at radius 2 is 1.10 bits per heavy atom. The summed E-state index contributed by atoms with van der Waals surface area (Å²) in [4.78, 5) is 31.8. The van der Waals surface area contributed by atoms with Gasteiger partial charge >= 0.3 is 30.5 Å². The zero-order chi connectivity index (χ0) is 36.1. The zero-order valence-electron chi connectivity index (χ0n) is 24.4. The van der Waals surface area contributed by atoms with Gasteiger partial charge in [-0.3, -0.25) is 4.79 Å². The van der Waals surface area contributed by atoms with Crippen molar-refractivity contribution in [1.29, 1.82) is 0 Å². The molecule has 0 amide bonds. The fourth-order valence-corrected chi connectivity index (χ4v) is 3.34. The number of hydrogen-bond acceptors (Lipinski definition) is 5. The molecule has 3 aromatic carbocycles. The smallest absolute Gasteiger partial charge is 0.416 e. The molecule has 0 unspecified atom stereocenters. The van der Waals surface area contributed by atoms with Crippen LogP contribution in [0.1, 0.15) is 34.7 Å². The molecule has 2 N–H and O–H groups in total. The summed E-state index contributed by atoms with van der Waals surface area (Å²) in [5.41, 5.74) is -1.33. The highest BCUT2D eigenvalue weighted by Gasteiger charge is 2.31. The maximum Gasteiger partial charge on any atom is 0.416 e. The number of rotatable bonds is 6. The van der Waals surface area contributed by atoms with Crippen molar-refractivity contribution in [3.05, 3.63) is 129 Å². The van der Waals surface area contributed by atoms with Crippen LogP contribution in [0.25, 0.3) is 23.5 Å². The number of carboxylic acid groups (broad SMARTS) is 1. The minimum atomic E-state index is -4.37. The zero-order valence-corrected chi connectivity index (χ0v) is 24.4. The first-order valence-corrected chi connectivity index (χ1v) is 13.3. The summed E-state index contributed by atoms with van der Waals surface area (Å²) in [6, 6.07) is 14.3. The van der Waals surface area contributed by atoms with Crippen LogP contribution in [0.2, 0.25) is 0 Å². The van der Waals surface area contributed by atoms with E-state index in [2.05, 4.69) is 9.89 Å². The van der Waals surface area contributed by atoms with Gasteiger partial charge in [0.15, 0.2) is 5.76 Å². The summed E-state index contributed by atoms with van der Waals surface area (Å²) in [6.45, 7) is 1.93. The first-order chi connectivity index (χ1) is 22.3. The van der Waals surface area contributed by atoms with E-state index in [9.17, 15) is 53.9 Å². The van der Waals surface area contributed by atoms with Crippen molar-refractivity contribution >= 4 is 24.1 Å². The number of aromatic amines is 1. The van der Waals surface area contributed by atoms with Gasteiger partial charge in [0.25, 0.3) is 5.56 Å². The van der Waals surface area contributed by atoms with Crippen molar-refractivity contribution in [3.63, 3.8) is 0 Å². The molecular formula is C32H24F9NO6. The average molecular weight is 690 g/mol. The van der Waals surface area contributed by atoms with Crippen molar-refractivity contribution in [3.8, 4) is 11.3 Å².